The number of nitrogens with zero attached hydrogens (tertiary/aromatic N) is 1. The van der Waals surface area contributed by atoms with Crippen molar-refractivity contribution in [2.24, 2.45) is 0 Å². The van der Waals surface area contributed by atoms with E-state index < -0.39 is 5.92 Å². The first-order valence-corrected chi connectivity index (χ1v) is 5.98. The predicted molar refractivity (Wildman–Crippen MR) is 68.1 cm³/mol. The minimum atomic E-state index is -2.86. The Morgan fingerprint density at radius 3 is 2.83 bits per heavy atom. The minimum absolute atomic E-state index is 0.114. The van der Waals surface area contributed by atoms with Gasteiger partial charge in [-0.3, -0.25) is 0 Å². The van der Waals surface area contributed by atoms with Gasteiger partial charge in [-0.15, -0.1) is 0 Å². The second-order valence-corrected chi connectivity index (χ2v) is 4.45. The lowest BCUT2D eigenvalue weighted by Crippen LogP contribution is -2.40. The van der Waals surface area contributed by atoms with Crippen molar-refractivity contribution in [3.8, 4) is 0 Å². The first kappa shape index (κ1) is 13.0. The molecule has 98 valence electrons. The minimum Gasteiger partial charge on any atom is -0.385 e. The molecule has 4 heteroatoms. The van der Waals surface area contributed by atoms with Crippen LogP contribution in [-0.2, 0) is 11.2 Å². The van der Waals surface area contributed by atoms with Crippen molar-refractivity contribution < 1.29 is 13.5 Å². The van der Waals surface area contributed by atoms with Crippen molar-refractivity contribution in [2.75, 3.05) is 25.2 Å². The molecule has 0 aromatic heterocycles. The van der Waals surface area contributed by atoms with Gasteiger partial charge in [0.1, 0.15) is 0 Å². The Morgan fingerprint density at radius 1 is 1.39 bits per heavy atom. The maximum Gasteiger partial charge on any atom is 0.291 e. The molecule has 0 radical (unpaired) electrons. The van der Waals surface area contributed by atoms with E-state index in [1.807, 2.05) is 12.1 Å². The van der Waals surface area contributed by atoms with Crippen LogP contribution in [0.1, 0.15) is 12.0 Å². The molecule has 0 saturated heterocycles. The quantitative estimate of drug-likeness (QED) is 0.764. The van der Waals surface area contributed by atoms with Crippen LogP contribution in [0.2, 0.25) is 0 Å². The second kappa shape index (κ2) is 5.06. The first-order chi connectivity index (χ1) is 8.56. The molecule has 18 heavy (non-hydrogen) atoms. The molecule has 0 amide bonds. The fourth-order valence-corrected chi connectivity index (χ4v) is 2.23. The molecule has 0 atom stereocenters. The Balaban J connectivity index is 2.27. The van der Waals surface area contributed by atoms with Crippen LogP contribution in [-0.4, -0.2) is 26.2 Å². The Hall–Kier alpha value is -1.42. The highest BCUT2D eigenvalue weighted by Crippen LogP contribution is 2.40. The van der Waals surface area contributed by atoms with Gasteiger partial charge in [0.05, 0.1) is 5.70 Å². The molecule has 0 spiro atoms. The summed E-state index contributed by atoms with van der Waals surface area (Å²) in [6, 6.07) is 7.26. The molecule has 0 aliphatic carbocycles. The van der Waals surface area contributed by atoms with Gasteiger partial charge in [0.2, 0.25) is 0 Å². The van der Waals surface area contributed by atoms with Crippen LogP contribution >= 0.6 is 0 Å². The van der Waals surface area contributed by atoms with Crippen LogP contribution in [0.4, 0.5) is 14.5 Å². The largest absolute Gasteiger partial charge is 0.385 e. The van der Waals surface area contributed by atoms with E-state index in [0.717, 1.165) is 5.69 Å². The third-order valence-electron chi connectivity index (χ3n) is 3.17. The van der Waals surface area contributed by atoms with Gasteiger partial charge in [0, 0.05) is 32.4 Å². The number of ether oxygens (including phenoxy) is 1. The van der Waals surface area contributed by atoms with Gasteiger partial charge in [0.15, 0.2) is 0 Å². The topological polar surface area (TPSA) is 12.5 Å². The molecule has 0 bridgehead atoms. The number of benzene rings is 1. The second-order valence-electron chi connectivity index (χ2n) is 4.45. The summed E-state index contributed by atoms with van der Waals surface area (Å²) in [5.41, 5.74) is 1.40. The Bertz CT molecular complexity index is 445. The molecule has 1 aliphatic rings. The Kier molecular flexibility index (Phi) is 3.66. The third-order valence-corrected chi connectivity index (χ3v) is 3.17. The van der Waals surface area contributed by atoms with Crippen LogP contribution < -0.4 is 4.90 Å². The predicted octanol–water partition coefficient (Wildman–Crippen LogP) is 3.23. The van der Waals surface area contributed by atoms with E-state index in [0.29, 0.717) is 25.1 Å². The smallest absolute Gasteiger partial charge is 0.291 e. The van der Waals surface area contributed by atoms with Crippen LogP contribution in [0.3, 0.4) is 0 Å². The highest BCUT2D eigenvalue weighted by molar-refractivity contribution is 5.62. The average Bonchev–Trinajstić information content (AvgIpc) is 2.34. The molecular formula is C14H17F2NO. The van der Waals surface area contributed by atoms with E-state index in [-0.39, 0.29) is 12.1 Å². The molecule has 0 N–H and O–H groups in total. The summed E-state index contributed by atoms with van der Waals surface area (Å²) in [6.07, 6.45) is 0.433. The van der Waals surface area contributed by atoms with Crippen molar-refractivity contribution >= 4 is 5.69 Å². The molecule has 1 aromatic rings. The molecule has 2 nitrogen and oxygen atoms in total. The van der Waals surface area contributed by atoms with E-state index in [9.17, 15) is 8.78 Å². The van der Waals surface area contributed by atoms with Gasteiger partial charge in [0.25, 0.3) is 5.92 Å². The summed E-state index contributed by atoms with van der Waals surface area (Å²) >= 11 is 0. The van der Waals surface area contributed by atoms with Crippen molar-refractivity contribution in [2.45, 2.75) is 18.8 Å². The zero-order valence-corrected chi connectivity index (χ0v) is 10.5. The van der Waals surface area contributed by atoms with Crippen LogP contribution in [0.5, 0.6) is 0 Å². The highest BCUT2D eigenvalue weighted by atomic mass is 19.3. The Morgan fingerprint density at radius 2 is 2.11 bits per heavy atom. The normalized spacial score (nSPS) is 17.7. The third kappa shape index (κ3) is 2.38. The molecule has 1 aromatic carbocycles. The van der Waals surface area contributed by atoms with Gasteiger partial charge in [-0.25, -0.2) is 0 Å². The first-order valence-electron chi connectivity index (χ1n) is 5.98. The van der Waals surface area contributed by atoms with Crippen LogP contribution in [0.15, 0.2) is 36.5 Å². The zero-order chi connectivity index (χ0) is 13.2. The lowest BCUT2D eigenvalue weighted by Gasteiger charge is -2.37. The average molecular weight is 253 g/mol. The number of halogens is 2. The number of para-hydroxylation sites is 1. The molecule has 0 fully saturated rings. The molecule has 1 aliphatic heterocycles. The number of hydrogen-bond acceptors (Lipinski definition) is 2. The molecule has 0 unspecified atom stereocenters. The monoisotopic (exact) mass is 253 g/mol. The van der Waals surface area contributed by atoms with Crippen molar-refractivity contribution in [1.82, 2.24) is 0 Å². The number of fused-ring (bicyclic) bond motifs is 1. The van der Waals surface area contributed by atoms with Crippen molar-refractivity contribution in [3.05, 3.63) is 42.1 Å². The molecular weight excluding hydrogens is 236 g/mol. The van der Waals surface area contributed by atoms with Gasteiger partial charge >= 0.3 is 0 Å². The van der Waals surface area contributed by atoms with Gasteiger partial charge < -0.3 is 9.64 Å². The Labute approximate surface area is 106 Å². The summed E-state index contributed by atoms with van der Waals surface area (Å²) in [6.45, 7) is 4.61. The fourth-order valence-electron chi connectivity index (χ4n) is 2.23. The zero-order valence-electron chi connectivity index (χ0n) is 10.5. The van der Waals surface area contributed by atoms with Crippen molar-refractivity contribution in [1.29, 1.82) is 0 Å². The summed E-state index contributed by atoms with van der Waals surface area (Å²) in [7, 11) is 1.60. The lowest BCUT2D eigenvalue weighted by molar-refractivity contribution is 0.0360. The maximum atomic E-state index is 13.9. The van der Waals surface area contributed by atoms with Crippen molar-refractivity contribution in [3.63, 3.8) is 0 Å². The molecule has 0 saturated carbocycles. The fraction of sp³-hybridized carbons (Fsp3) is 0.429. The number of allylic oxidation sites excluding steroid dienone is 1. The van der Waals surface area contributed by atoms with Gasteiger partial charge in [-0.1, -0.05) is 24.8 Å². The van der Waals surface area contributed by atoms with E-state index in [1.54, 1.807) is 24.1 Å². The van der Waals surface area contributed by atoms with Crippen LogP contribution in [0.25, 0.3) is 0 Å². The number of methoxy groups -OCH3 is 1. The maximum absolute atomic E-state index is 13.9. The van der Waals surface area contributed by atoms with Gasteiger partial charge in [-0.2, -0.15) is 8.78 Å². The number of alkyl halides is 2. The summed E-state index contributed by atoms with van der Waals surface area (Å²) in [5.74, 6) is -2.86. The molecule has 2 rings (SSSR count). The standard InChI is InChI=1S/C14H17F2NO/c1-11-14(15,16)10-12-6-3-4-7-13(12)17(11)8-5-9-18-2/h3-4,6-7H,1,5,8-10H2,2H3. The number of anilines is 1. The summed E-state index contributed by atoms with van der Waals surface area (Å²) < 4.78 is 32.7. The number of rotatable bonds is 4. The summed E-state index contributed by atoms with van der Waals surface area (Å²) in [5, 5.41) is 0. The van der Waals surface area contributed by atoms with Gasteiger partial charge in [-0.05, 0) is 18.1 Å². The lowest BCUT2D eigenvalue weighted by atomic mass is 9.96. The van der Waals surface area contributed by atoms with Crippen LogP contribution in [0, 0.1) is 0 Å². The molecule has 1 heterocycles. The highest BCUT2D eigenvalue weighted by Gasteiger charge is 2.41. The van der Waals surface area contributed by atoms with E-state index >= 15 is 0 Å². The van der Waals surface area contributed by atoms with E-state index in [1.165, 1.54) is 0 Å². The van der Waals surface area contributed by atoms with E-state index in [4.69, 9.17) is 4.74 Å². The summed E-state index contributed by atoms with van der Waals surface area (Å²) in [4.78, 5) is 1.61. The van der Waals surface area contributed by atoms with E-state index in [2.05, 4.69) is 6.58 Å². The SMILES string of the molecule is C=C1N(CCCOC)c2ccccc2CC1(F)F. The number of hydrogen-bond donors (Lipinski definition) is 0.